The molecule has 0 fully saturated rings. The molecule has 0 amide bonds. The zero-order chi connectivity index (χ0) is 8.10. The average Bonchev–Trinajstić information content (AvgIpc) is 2.52. The maximum atomic E-state index is 5.22. The van der Waals surface area contributed by atoms with Gasteiger partial charge >= 0.3 is 0 Å². The topological polar surface area (TPSA) is 131 Å². The molecular formula is C3H8N8. The van der Waals surface area contributed by atoms with Crippen LogP contribution in [0.15, 0.2) is 4.99 Å². The largest absolute Gasteiger partial charge is 0.369 e. The quantitative estimate of drug-likeness (QED) is 0.162. The van der Waals surface area contributed by atoms with E-state index < -0.39 is 0 Å². The molecule has 0 spiro atoms. The molecule has 1 rings (SSSR count). The van der Waals surface area contributed by atoms with Crippen molar-refractivity contribution in [2.75, 3.05) is 0 Å². The Morgan fingerprint density at radius 2 is 2.55 bits per heavy atom. The normalized spacial score (nSPS) is 11.5. The van der Waals surface area contributed by atoms with E-state index in [1.54, 1.807) is 0 Å². The van der Waals surface area contributed by atoms with Gasteiger partial charge in [-0.2, -0.15) is 5.21 Å². The zero-order valence-electron chi connectivity index (χ0n) is 5.65. The zero-order valence-corrected chi connectivity index (χ0v) is 5.65. The molecule has 6 N–H and O–H groups in total. The van der Waals surface area contributed by atoms with Crippen LogP contribution in [0.2, 0.25) is 0 Å². The molecule has 1 aromatic heterocycles. The third-order valence-corrected chi connectivity index (χ3v) is 0.928. The Balaban J connectivity index is 2.45. The van der Waals surface area contributed by atoms with Gasteiger partial charge in [0.25, 0.3) is 0 Å². The highest BCUT2D eigenvalue weighted by molar-refractivity contribution is 5.76. The number of aromatic amines is 1. The summed E-state index contributed by atoms with van der Waals surface area (Å²) in [5, 5.41) is 12.9. The van der Waals surface area contributed by atoms with Crippen LogP contribution in [0.3, 0.4) is 0 Å². The SMILES string of the molecule is NNC(N)=NCc1nn[nH]n1. The molecule has 0 aliphatic rings. The van der Waals surface area contributed by atoms with Gasteiger partial charge in [-0.1, -0.05) is 5.21 Å². The predicted molar refractivity (Wildman–Crippen MR) is 36.8 cm³/mol. The molecule has 0 saturated carbocycles. The first-order chi connectivity index (χ1) is 5.33. The second kappa shape index (κ2) is 3.46. The van der Waals surface area contributed by atoms with Gasteiger partial charge in [0.05, 0.1) is 0 Å². The van der Waals surface area contributed by atoms with Gasteiger partial charge in [-0.05, 0) is 0 Å². The van der Waals surface area contributed by atoms with Gasteiger partial charge in [-0.15, -0.1) is 10.2 Å². The molecule has 11 heavy (non-hydrogen) atoms. The smallest absolute Gasteiger partial charge is 0.203 e. The highest BCUT2D eigenvalue weighted by Crippen LogP contribution is 1.84. The van der Waals surface area contributed by atoms with Crippen LogP contribution >= 0.6 is 0 Å². The minimum atomic E-state index is 0.134. The first kappa shape index (κ1) is 7.41. The molecule has 60 valence electrons. The Labute approximate surface area is 62.0 Å². The van der Waals surface area contributed by atoms with Crippen molar-refractivity contribution in [1.82, 2.24) is 26.0 Å². The summed E-state index contributed by atoms with van der Waals surface area (Å²) in [5.74, 6) is 5.54. The summed E-state index contributed by atoms with van der Waals surface area (Å²) < 4.78 is 0. The van der Waals surface area contributed by atoms with Crippen LogP contribution in [-0.2, 0) is 6.54 Å². The Kier molecular flexibility index (Phi) is 2.33. The standard InChI is InChI=1S/C3H8N8/c4-3(7-5)6-1-2-8-10-11-9-2/h1,5H2,(H3,4,6,7)(H,8,9,10,11). The lowest BCUT2D eigenvalue weighted by atomic mass is 10.6. The number of hydrazine groups is 1. The highest BCUT2D eigenvalue weighted by Gasteiger charge is 1.94. The number of nitrogens with zero attached hydrogens (tertiary/aromatic N) is 4. The van der Waals surface area contributed by atoms with Gasteiger partial charge < -0.3 is 5.73 Å². The van der Waals surface area contributed by atoms with E-state index in [1.165, 1.54) is 0 Å². The number of nitrogens with two attached hydrogens (primary N) is 2. The van der Waals surface area contributed by atoms with Crippen molar-refractivity contribution in [3.05, 3.63) is 5.82 Å². The van der Waals surface area contributed by atoms with Crippen molar-refractivity contribution < 1.29 is 0 Å². The second-order valence-corrected chi connectivity index (χ2v) is 1.67. The number of H-pyrrole nitrogens is 1. The van der Waals surface area contributed by atoms with Crippen LogP contribution < -0.4 is 17.0 Å². The van der Waals surface area contributed by atoms with E-state index in [2.05, 4.69) is 31.0 Å². The number of guanidine groups is 1. The van der Waals surface area contributed by atoms with Gasteiger partial charge in [0.1, 0.15) is 6.54 Å². The molecular weight excluding hydrogens is 148 g/mol. The first-order valence-electron chi connectivity index (χ1n) is 2.82. The van der Waals surface area contributed by atoms with E-state index >= 15 is 0 Å². The summed E-state index contributed by atoms with van der Waals surface area (Å²) in [4.78, 5) is 3.76. The van der Waals surface area contributed by atoms with E-state index in [1.807, 2.05) is 0 Å². The van der Waals surface area contributed by atoms with Crippen molar-refractivity contribution in [3.63, 3.8) is 0 Å². The molecule has 8 nitrogen and oxygen atoms in total. The highest BCUT2D eigenvalue weighted by atomic mass is 15.5. The number of tetrazole rings is 1. The number of aliphatic imine (C=N–C) groups is 1. The van der Waals surface area contributed by atoms with Crippen molar-refractivity contribution in [2.24, 2.45) is 16.6 Å². The summed E-state index contributed by atoms with van der Waals surface area (Å²) >= 11 is 0. The van der Waals surface area contributed by atoms with Crippen molar-refractivity contribution in [3.8, 4) is 0 Å². The third kappa shape index (κ3) is 2.18. The van der Waals surface area contributed by atoms with Gasteiger partial charge in [-0.25, -0.2) is 10.8 Å². The summed E-state index contributed by atoms with van der Waals surface area (Å²) in [6, 6.07) is 0. The van der Waals surface area contributed by atoms with Crippen LogP contribution in [-0.4, -0.2) is 26.6 Å². The summed E-state index contributed by atoms with van der Waals surface area (Å²) in [5.41, 5.74) is 7.39. The molecule has 0 bridgehead atoms. The molecule has 0 radical (unpaired) electrons. The van der Waals surface area contributed by atoms with Gasteiger partial charge in [0, 0.05) is 0 Å². The molecule has 1 heterocycles. The molecule has 0 saturated heterocycles. The molecule has 1 aromatic rings. The lowest BCUT2D eigenvalue weighted by Crippen LogP contribution is -2.37. The molecule has 8 heteroatoms. The fourth-order valence-electron chi connectivity index (χ4n) is 0.451. The molecule has 0 aliphatic heterocycles. The number of hydrogen-bond acceptors (Lipinski definition) is 5. The predicted octanol–water partition coefficient (Wildman–Crippen LogP) is -2.52. The fourth-order valence-corrected chi connectivity index (χ4v) is 0.451. The van der Waals surface area contributed by atoms with Crippen LogP contribution in [0, 0.1) is 0 Å². The van der Waals surface area contributed by atoms with E-state index in [0.29, 0.717) is 5.82 Å². The minimum Gasteiger partial charge on any atom is -0.369 e. The van der Waals surface area contributed by atoms with Crippen molar-refractivity contribution in [1.29, 1.82) is 0 Å². The maximum absolute atomic E-state index is 5.22. The van der Waals surface area contributed by atoms with E-state index in [0.717, 1.165) is 0 Å². The second-order valence-electron chi connectivity index (χ2n) is 1.67. The third-order valence-electron chi connectivity index (χ3n) is 0.928. The number of rotatable bonds is 2. The summed E-state index contributed by atoms with van der Waals surface area (Å²) in [6.45, 7) is 0.256. The van der Waals surface area contributed by atoms with Crippen LogP contribution in [0.4, 0.5) is 0 Å². The minimum absolute atomic E-state index is 0.134. The summed E-state index contributed by atoms with van der Waals surface area (Å²) in [6.07, 6.45) is 0. The Hall–Kier alpha value is -1.70. The lowest BCUT2D eigenvalue weighted by Gasteiger charge is -1.94. The maximum Gasteiger partial charge on any atom is 0.203 e. The Morgan fingerprint density at radius 3 is 3.09 bits per heavy atom. The van der Waals surface area contributed by atoms with E-state index in [4.69, 9.17) is 11.6 Å². The Bertz CT molecular complexity index is 223. The number of nitrogens with one attached hydrogen (secondary N) is 2. The molecule has 0 aromatic carbocycles. The van der Waals surface area contributed by atoms with Crippen LogP contribution in [0.5, 0.6) is 0 Å². The molecule has 0 atom stereocenters. The van der Waals surface area contributed by atoms with Crippen LogP contribution in [0.25, 0.3) is 0 Å². The average molecular weight is 156 g/mol. The van der Waals surface area contributed by atoms with E-state index in [9.17, 15) is 0 Å². The monoisotopic (exact) mass is 156 g/mol. The fraction of sp³-hybridized carbons (Fsp3) is 0.333. The summed E-state index contributed by atoms with van der Waals surface area (Å²) in [7, 11) is 0. The van der Waals surface area contributed by atoms with Crippen LogP contribution in [0.1, 0.15) is 5.82 Å². The van der Waals surface area contributed by atoms with E-state index in [-0.39, 0.29) is 12.5 Å². The first-order valence-corrected chi connectivity index (χ1v) is 2.82. The van der Waals surface area contributed by atoms with Crippen molar-refractivity contribution in [2.45, 2.75) is 6.54 Å². The van der Waals surface area contributed by atoms with Gasteiger partial charge in [0.2, 0.25) is 5.96 Å². The molecule has 0 aliphatic carbocycles. The molecule has 0 unspecified atom stereocenters. The van der Waals surface area contributed by atoms with Crippen molar-refractivity contribution >= 4 is 5.96 Å². The number of hydrogen-bond donors (Lipinski definition) is 4. The lowest BCUT2D eigenvalue weighted by molar-refractivity contribution is 0.881. The Morgan fingerprint density at radius 1 is 1.73 bits per heavy atom. The van der Waals surface area contributed by atoms with Gasteiger partial charge in [-0.3, -0.25) is 5.43 Å². The number of aromatic nitrogens is 4. The van der Waals surface area contributed by atoms with Gasteiger partial charge in [0.15, 0.2) is 5.82 Å².